The summed E-state index contributed by atoms with van der Waals surface area (Å²) in [4.78, 5) is 49.3. The highest BCUT2D eigenvalue weighted by atomic mass is 32.1. The number of pyridine rings is 1. The third-order valence-corrected chi connectivity index (χ3v) is 9.60. The lowest BCUT2D eigenvalue weighted by molar-refractivity contribution is -0.133. The fourth-order valence-electron chi connectivity index (χ4n) is 6.02. The van der Waals surface area contributed by atoms with Crippen LogP contribution in [-0.4, -0.2) is 52.1 Å². The van der Waals surface area contributed by atoms with Crippen LogP contribution in [0.25, 0.3) is 0 Å². The van der Waals surface area contributed by atoms with Gasteiger partial charge in [-0.05, 0) is 82.8 Å². The summed E-state index contributed by atoms with van der Waals surface area (Å²) in [5.41, 5.74) is 3.41. The van der Waals surface area contributed by atoms with E-state index in [1.54, 1.807) is 13.1 Å². The van der Waals surface area contributed by atoms with Crippen molar-refractivity contribution in [3.8, 4) is 0 Å². The second kappa shape index (κ2) is 16.6. The molecule has 0 spiro atoms. The molecule has 45 heavy (non-hydrogen) atoms. The van der Waals surface area contributed by atoms with Crippen LogP contribution in [0, 0.1) is 12.3 Å². The van der Waals surface area contributed by atoms with Crippen molar-refractivity contribution in [3.63, 3.8) is 0 Å². The Morgan fingerprint density at radius 3 is 2.58 bits per heavy atom. The van der Waals surface area contributed by atoms with Crippen molar-refractivity contribution in [1.29, 1.82) is 0 Å². The third kappa shape index (κ3) is 10.2. The Morgan fingerprint density at radius 1 is 1.07 bits per heavy atom. The predicted octanol–water partition coefficient (Wildman–Crippen LogP) is 6.81. The van der Waals surface area contributed by atoms with Crippen LogP contribution in [0.5, 0.6) is 0 Å². The minimum absolute atomic E-state index is 0.0607. The number of rotatable bonds is 16. The molecule has 0 bridgehead atoms. The number of hydrogen-bond acceptors (Lipinski definition) is 8. The number of carbonyl (C=O) groups excluding carboxylic acids is 3. The number of thiazole rings is 1. The van der Waals surface area contributed by atoms with E-state index in [-0.39, 0.29) is 23.6 Å². The van der Waals surface area contributed by atoms with Crippen molar-refractivity contribution in [1.82, 2.24) is 20.2 Å². The van der Waals surface area contributed by atoms with Gasteiger partial charge >= 0.3 is 0 Å². The Labute approximate surface area is 271 Å². The van der Waals surface area contributed by atoms with Gasteiger partial charge in [-0.2, -0.15) is 0 Å². The molecule has 1 aliphatic rings. The van der Waals surface area contributed by atoms with E-state index in [1.807, 2.05) is 35.7 Å². The van der Waals surface area contributed by atoms with Crippen LogP contribution in [0.4, 0.5) is 16.6 Å². The molecule has 242 valence electrons. The van der Waals surface area contributed by atoms with Gasteiger partial charge in [0, 0.05) is 61.4 Å². The van der Waals surface area contributed by atoms with Crippen LogP contribution in [0.2, 0.25) is 0 Å². The van der Waals surface area contributed by atoms with Crippen LogP contribution in [-0.2, 0) is 27.3 Å². The standard InChI is InChI=1S/C35H48N6O3S/c1-25-11-8-13-30(29(25)24-41(4)26(2)16-17-27(3)42)39-32(43)15-10-20-36-33(44)35(18-6-5-7-19-35)23-28-12-9-14-31(38-28)40-34-37-21-22-45-34/h8-9,11-14,21-22,26H,5-7,10,15-20,23-24H2,1-4H3,(H,36,44)(H,39,43)(H,37,38,40). The summed E-state index contributed by atoms with van der Waals surface area (Å²) in [7, 11) is 2.05. The fourth-order valence-corrected chi connectivity index (χ4v) is 6.56. The first-order valence-corrected chi connectivity index (χ1v) is 17.0. The summed E-state index contributed by atoms with van der Waals surface area (Å²) in [5, 5.41) is 12.2. The molecule has 9 nitrogen and oxygen atoms in total. The maximum absolute atomic E-state index is 13.6. The van der Waals surface area contributed by atoms with Crippen LogP contribution < -0.4 is 16.0 Å². The van der Waals surface area contributed by atoms with E-state index in [1.165, 1.54) is 11.3 Å². The number of nitrogens with one attached hydrogen (secondary N) is 3. The zero-order valence-corrected chi connectivity index (χ0v) is 28.0. The summed E-state index contributed by atoms with van der Waals surface area (Å²) in [6, 6.07) is 12.1. The van der Waals surface area contributed by atoms with Gasteiger partial charge in [0.15, 0.2) is 5.13 Å². The number of aromatic nitrogens is 2. The molecule has 1 saturated carbocycles. The van der Waals surface area contributed by atoms with Crippen LogP contribution in [0.1, 0.15) is 88.5 Å². The first-order valence-electron chi connectivity index (χ1n) is 16.1. The van der Waals surface area contributed by atoms with Crippen molar-refractivity contribution < 1.29 is 14.4 Å². The van der Waals surface area contributed by atoms with Gasteiger partial charge in [0.1, 0.15) is 11.6 Å². The molecule has 1 aromatic carbocycles. The topological polar surface area (TPSA) is 116 Å². The fraction of sp³-hybridized carbons (Fsp3) is 0.514. The smallest absolute Gasteiger partial charge is 0.226 e. The number of amides is 2. The highest BCUT2D eigenvalue weighted by Crippen LogP contribution is 2.39. The Balaban J connectivity index is 1.29. The number of nitrogens with zero attached hydrogens (tertiary/aromatic N) is 3. The Kier molecular flexibility index (Phi) is 12.6. The Hall–Kier alpha value is -3.63. The first-order chi connectivity index (χ1) is 21.6. The van der Waals surface area contributed by atoms with E-state index >= 15 is 0 Å². The Bertz CT molecular complexity index is 1420. The predicted molar refractivity (Wildman–Crippen MR) is 182 cm³/mol. The van der Waals surface area contributed by atoms with E-state index in [4.69, 9.17) is 4.98 Å². The summed E-state index contributed by atoms with van der Waals surface area (Å²) < 4.78 is 0. The van der Waals surface area contributed by atoms with Crippen LogP contribution in [0.3, 0.4) is 0 Å². The second-order valence-electron chi connectivity index (χ2n) is 12.5. The molecule has 0 saturated heterocycles. The summed E-state index contributed by atoms with van der Waals surface area (Å²) in [6.07, 6.45) is 9.45. The van der Waals surface area contributed by atoms with Gasteiger partial charge in [-0.3, -0.25) is 14.5 Å². The van der Waals surface area contributed by atoms with Gasteiger partial charge in [-0.25, -0.2) is 9.97 Å². The highest BCUT2D eigenvalue weighted by molar-refractivity contribution is 7.13. The van der Waals surface area contributed by atoms with Crippen LogP contribution >= 0.6 is 11.3 Å². The average molecular weight is 633 g/mol. The lowest BCUT2D eigenvalue weighted by atomic mass is 9.70. The molecule has 1 fully saturated rings. The molecule has 1 atom stereocenters. The quantitative estimate of drug-likeness (QED) is 0.149. The average Bonchev–Trinajstić information content (AvgIpc) is 3.53. The molecule has 10 heteroatoms. The molecule has 1 aliphatic carbocycles. The zero-order valence-electron chi connectivity index (χ0n) is 27.2. The van der Waals surface area contributed by atoms with Crippen molar-refractivity contribution in [2.75, 3.05) is 24.2 Å². The lowest BCUT2D eigenvalue weighted by Crippen LogP contribution is -2.44. The molecule has 3 aromatic rings. The molecule has 1 unspecified atom stereocenters. The SMILES string of the molecule is CC(=O)CCC(C)N(C)Cc1c(C)cccc1NC(=O)CCCNC(=O)C1(Cc2cccc(Nc3nccs3)n2)CCCCC1. The molecular formula is C35H48N6O3S. The van der Waals surface area contributed by atoms with E-state index in [2.05, 4.69) is 52.8 Å². The van der Waals surface area contributed by atoms with Gasteiger partial charge < -0.3 is 20.7 Å². The molecule has 4 rings (SSSR count). The van der Waals surface area contributed by atoms with Gasteiger partial charge in [0.25, 0.3) is 0 Å². The van der Waals surface area contributed by atoms with Crippen molar-refractivity contribution >= 4 is 45.6 Å². The Morgan fingerprint density at radius 2 is 1.84 bits per heavy atom. The molecule has 2 heterocycles. The van der Waals surface area contributed by atoms with Crippen molar-refractivity contribution in [2.45, 2.75) is 97.6 Å². The van der Waals surface area contributed by atoms with Gasteiger partial charge in [-0.1, -0.05) is 37.5 Å². The van der Waals surface area contributed by atoms with Crippen molar-refractivity contribution in [2.24, 2.45) is 5.41 Å². The monoisotopic (exact) mass is 632 g/mol. The highest BCUT2D eigenvalue weighted by Gasteiger charge is 2.39. The molecule has 2 amide bonds. The number of carbonyl (C=O) groups is 3. The first kappa shape index (κ1) is 34.2. The van der Waals surface area contributed by atoms with Gasteiger partial charge in [0.2, 0.25) is 11.8 Å². The van der Waals surface area contributed by atoms with E-state index in [0.717, 1.165) is 72.0 Å². The van der Waals surface area contributed by atoms with Gasteiger partial charge in [0.05, 0.1) is 5.41 Å². The van der Waals surface area contributed by atoms with E-state index in [0.29, 0.717) is 38.8 Å². The largest absolute Gasteiger partial charge is 0.356 e. The normalized spacial score (nSPS) is 15.0. The molecule has 3 N–H and O–H groups in total. The maximum Gasteiger partial charge on any atom is 0.226 e. The zero-order chi connectivity index (χ0) is 32.2. The second-order valence-corrected chi connectivity index (χ2v) is 13.4. The number of Topliss-reactive ketones (excluding diaryl/α,β-unsaturated/α-hetero) is 1. The maximum atomic E-state index is 13.6. The molecule has 0 radical (unpaired) electrons. The summed E-state index contributed by atoms with van der Waals surface area (Å²) >= 11 is 1.52. The number of aryl methyl sites for hydroxylation is 1. The summed E-state index contributed by atoms with van der Waals surface area (Å²) in [5.74, 6) is 0.924. The third-order valence-electron chi connectivity index (χ3n) is 8.91. The minimum atomic E-state index is -0.489. The van der Waals surface area contributed by atoms with E-state index < -0.39 is 5.41 Å². The number of benzene rings is 1. The lowest BCUT2D eigenvalue weighted by Gasteiger charge is -2.35. The van der Waals surface area contributed by atoms with Crippen LogP contribution in [0.15, 0.2) is 48.0 Å². The molecule has 2 aromatic heterocycles. The van der Waals surface area contributed by atoms with E-state index in [9.17, 15) is 14.4 Å². The number of hydrogen-bond donors (Lipinski definition) is 3. The molecule has 0 aliphatic heterocycles. The molecular weight excluding hydrogens is 584 g/mol. The number of anilines is 3. The number of ketones is 1. The minimum Gasteiger partial charge on any atom is -0.356 e. The summed E-state index contributed by atoms with van der Waals surface area (Å²) in [6.45, 7) is 6.93. The van der Waals surface area contributed by atoms with Crippen molar-refractivity contribution in [3.05, 3.63) is 64.8 Å². The van der Waals surface area contributed by atoms with Gasteiger partial charge in [-0.15, -0.1) is 11.3 Å².